The van der Waals surface area contributed by atoms with Gasteiger partial charge in [0.25, 0.3) is 0 Å². The molecule has 0 aliphatic heterocycles. The monoisotopic (exact) mass is 339 g/mol. The van der Waals surface area contributed by atoms with E-state index in [9.17, 15) is 8.42 Å². The number of nitrogens with zero attached hydrogens (tertiary/aromatic N) is 2. The third-order valence-corrected chi connectivity index (χ3v) is 5.55. The zero-order valence-electron chi connectivity index (χ0n) is 13.2. The van der Waals surface area contributed by atoms with Gasteiger partial charge in [0.2, 0.25) is 0 Å². The Hall–Kier alpha value is -2.73. The van der Waals surface area contributed by atoms with Gasteiger partial charge in [0.15, 0.2) is 9.84 Å². The number of rotatable bonds is 4. The molecule has 0 bridgehead atoms. The first kappa shape index (κ1) is 16.1. The van der Waals surface area contributed by atoms with Crippen molar-refractivity contribution in [3.8, 4) is 22.4 Å². The number of aromatic nitrogens is 2. The molecule has 3 rings (SSSR count). The number of benzene rings is 2. The Morgan fingerprint density at radius 3 is 2.21 bits per heavy atom. The van der Waals surface area contributed by atoms with Gasteiger partial charge in [0, 0.05) is 11.1 Å². The molecule has 0 saturated carbocycles. The van der Waals surface area contributed by atoms with E-state index in [2.05, 4.69) is 9.97 Å². The highest BCUT2D eigenvalue weighted by Crippen LogP contribution is 2.29. The van der Waals surface area contributed by atoms with Crippen LogP contribution in [0.5, 0.6) is 0 Å². The maximum absolute atomic E-state index is 12.3. The Morgan fingerprint density at radius 2 is 1.58 bits per heavy atom. The van der Waals surface area contributed by atoms with E-state index in [1.165, 1.54) is 6.20 Å². The van der Waals surface area contributed by atoms with Crippen molar-refractivity contribution in [2.75, 3.05) is 11.5 Å². The number of nitrogens with two attached hydrogens (primary N) is 1. The Morgan fingerprint density at radius 1 is 0.917 bits per heavy atom. The average molecular weight is 339 g/mol. The number of hydrogen-bond acceptors (Lipinski definition) is 5. The van der Waals surface area contributed by atoms with Gasteiger partial charge in [-0.1, -0.05) is 49.4 Å². The Bertz CT molecular complexity index is 950. The molecule has 24 heavy (non-hydrogen) atoms. The molecule has 0 unspecified atom stereocenters. The van der Waals surface area contributed by atoms with Crippen LogP contribution in [0.3, 0.4) is 0 Å². The molecule has 0 aliphatic carbocycles. The lowest BCUT2D eigenvalue weighted by Crippen LogP contribution is -2.05. The molecule has 0 radical (unpaired) electrons. The van der Waals surface area contributed by atoms with Crippen LogP contribution in [-0.4, -0.2) is 24.1 Å². The summed E-state index contributed by atoms with van der Waals surface area (Å²) >= 11 is 0. The summed E-state index contributed by atoms with van der Waals surface area (Å²) in [5, 5.41) is 0. The lowest BCUT2D eigenvalue weighted by Gasteiger charge is -2.10. The van der Waals surface area contributed by atoms with Gasteiger partial charge in [-0.15, -0.1) is 0 Å². The Labute approximate surface area is 141 Å². The summed E-state index contributed by atoms with van der Waals surface area (Å²) in [4.78, 5) is 8.62. The third kappa shape index (κ3) is 3.14. The highest BCUT2D eigenvalue weighted by atomic mass is 32.2. The zero-order valence-corrected chi connectivity index (χ0v) is 14.0. The topological polar surface area (TPSA) is 85.9 Å². The van der Waals surface area contributed by atoms with Crippen LogP contribution >= 0.6 is 0 Å². The molecule has 2 N–H and O–H groups in total. The minimum absolute atomic E-state index is 0.0725. The first-order valence-electron chi connectivity index (χ1n) is 7.51. The summed E-state index contributed by atoms with van der Waals surface area (Å²) in [5.74, 6) is 0.442. The quantitative estimate of drug-likeness (QED) is 0.789. The highest BCUT2D eigenvalue weighted by Gasteiger charge is 2.17. The predicted octanol–water partition coefficient (Wildman–Crippen LogP) is 3.19. The first-order chi connectivity index (χ1) is 11.5. The van der Waals surface area contributed by atoms with Crippen molar-refractivity contribution in [3.05, 3.63) is 60.9 Å². The van der Waals surface area contributed by atoms with Crippen molar-refractivity contribution in [2.45, 2.75) is 11.8 Å². The van der Waals surface area contributed by atoms with E-state index in [1.807, 2.05) is 36.4 Å². The first-order valence-corrected chi connectivity index (χ1v) is 9.16. The number of anilines is 1. The van der Waals surface area contributed by atoms with E-state index < -0.39 is 9.84 Å². The van der Waals surface area contributed by atoms with Crippen LogP contribution in [0, 0.1) is 0 Å². The summed E-state index contributed by atoms with van der Waals surface area (Å²) in [5.41, 5.74) is 8.69. The van der Waals surface area contributed by atoms with Crippen molar-refractivity contribution in [1.82, 2.24) is 9.97 Å². The van der Waals surface area contributed by atoms with Crippen LogP contribution in [0.15, 0.2) is 65.8 Å². The van der Waals surface area contributed by atoms with Crippen LogP contribution in [0.1, 0.15) is 6.92 Å². The molecule has 5 nitrogen and oxygen atoms in total. The summed E-state index contributed by atoms with van der Waals surface area (Å²) in [6.07, 6.45) is 3.12. The zero-order chi connectivity index (χ0) is 17.2. The van der Waals surface area contributed by atoms with Crippen molar-refractivity contribution in [2.24, 2.45) is 0 Å². The fourth-order valence-corrected chi connectivity index (χ4v) is 3.56. The number of sulfone groups is 1. The molecule has 0 saturated heterocycles. The molecule has 1 aromatic heterocycles. The van der Waals surface area contributed by atoms with Gasteiger partial charge >= 0.3 is 0 Å². The maximum atomic E-state index is 12.3. The molecule has 0 atom stereocenters. The van der Waals surface area contributed by atoms with E-state index in [0.29, 0.717) is 22.0 Å². The second-order valence-corrected chi connectivity index (χ2v) is 7.55. The normalized spacial score (nSPS) is 11.4. The lowest BCUT2D eigenvalue weighted by atomic mass is 10.0. The fraction of sp³-hybridized carbons (Fsp3) is 0.111. The molecule has 0 amide bonds. The smallest absolute Gasteiger partial charge is 0.178 e. The minimum atomic E-state index is -3.28. The number of nitrogen functional groups attached to an aromatic ring is 1. The van der Waals surface area contributed by atoms with E-state index in [4.69, 9.17) is 5.73 Å². The second kappa shape index (κ2) is 6.41. The standard InChI is InChI=1S/C18H17N3O2S/c1-2-24(22,23)17-6-4-3-5-15(17)13-7-9-14(10-8-13)16-11-21-18(19)12-20-16/h3-12H,2H2,1H3,(H2,19,21). The highest BCUT2D eigenvalue weighted by molar-refractivity contribution is 7.91. The van der Waals surface area contributed by atoms with E-state index in [1.54, 1.807) is 25.3 Å². The van der Waals surface area contributed by atoms with Gasteiger partial charge in [0.1, 0.15) is 5.82 Å². The van der Waals surface area contributed by atoms with Crippen LogP contribution < -0.4 is 5.73 Å². The van der Waals surface area contributed by atoms with Crippen molar-refractivity contribution in [3.63, 3.8) is 0 Å². The summed E-state index contributed by atoms with van der Waals surface area (Å²) in [6, 6.07) is 14.6. The second-order valence-electron chi connectivity index (χ2n) is 5.30. The molecule has 6 heteroatoms. The van der Waals surface area contributed by atoms with E-state index >= 15 is 0 Å². The van der Waals surface area contributed by atoms with Gasteiger partial charge in [0.05, 0.1) is 28.7 Å². The average Bonchev–Trinajstić information content (AvgIpc) is 2.62. The molecule has 122 valence electrons. The summed E-state index contributed by atoms with van der Waals surface area (Å²) in [7, 11) is -3.28. The maximum Gasteiger partial charge on any atom is 0.178 e. The number of hydrogen-bond donors (Lipinski definition) is 1. The fourth-order valence-electron chi connectivity index (χ4n) is 2.44. The van der Waals surface area contributed by atoms with Gasteiger partial charge in [-0.25, -0.2) is 13.4 Å². The van der Waals surface area contributed by atoms with Crippen molar-refractivity contribution >= 4 is 15.7 Å². The van der Waals surface area contributed by atoms with Crippen LogP contribution in [0.4, 0.5) is 5.82 Å². The van der Waals surface area contributed by atoms with Gasteiger partial charge in [-0.2, -0.15) is 0 Å². The summed E-state index contributed by atoms with van der Waals surface area (Å²) < 4.78 is 24.6. The van der Waals surface area contributed by atoms with Crippen LogP contribution in [0.25, 0.3) is 22.4 Å². The van der Waals surface area contributed by atoms with E-state index in [-0.39, 0.29) is 5.75 Å². The van der Waals surface area contributed by atoms with Crippen LogP contribution in [0.2, 0.25) is 0 Å². The Kier molecular flexibility index (Phi) is 4.31. The largest absolute Gasteiger partial charge is 0.382 e. The van der Waals surface area contributed by atoms with E-state index in [0.717, 1.165) is 11.1 Å². The minimum Gasteiger partial charge on any atom is -0.382 e. The molecule has 0 aliphatic rings. The third-order valence-electron chi connectivity index (χ3n) is 3.77. The van der Waals surface area contributed by atoms with Gasteiger partial charge < -0.3 is 5.73 Å². The molecular formula is C18H17N3O2S. The molecule has 1 heterocycles. The van der Waals surface area contributed by atoms with Crippen molar-refractivity contribution < 1.29 is 8.42 Å². The molecule has 0 spiro atoms. The van der Waals surface area contributed by atoms with Gasteiger partial charge in [-0.3, -0.25) is 4.98 Å². The van der Waals surface area contributed by atoms with Gasteiger partial charge in [-0.05, 0) is 11.6 Å². The molecule has 0 fully saturated rings. The molecule has 2 aromatic carbocycles. The predicted molar refractivity (Wildman–Crippen MR) is 95.0 cm³/mol. The van der Waals surface area contributed by atoms with Crippen LogP contribution in [-0.2, 0) is 9.84 Å². The SMILES string of the molecule is CCS(=O)(=O)c1ccccc1-c1ccc(-c2cnc(N)cn2)cc1. The Balaban J connectivity index is 2.02. The molecular weight excluding hydrogens is 322 g/mol. The molecule has 3 aromatic rings. The lowest BCUT2D eigenvalue weighted by molar-refractivity contribution is 0.597. The van der Waals surface area contributed by atoms with Crippen molar-refractivity contribution in [1.29, 1.82) is 0 Å². The summed E-state index contributed by atoms with van der Waals surface area (Å²) in [6.45, 7) is 1.65.